The van der Waals surface area contributed by atoms with Gasteiger partial charge in [0.15, 0.2) is 0 Å². The summed E-state index contributed by atoms with van der Waals surface area (Å²) in [5.74, 6) is 0. The van der Waals surface area contributed by atoms with Crippen molar-refractivity contribution in [3.05, 3.63) is 30.1 Å². The Balaban J connectivity index is 2.68. The smallest absolute Gasteiger partial charge is 0.407 e. The molecule has 1 aromatic rings. The molecule has 2 atom stereocenters. The average Bonchev–Trinajstić information content (AvgIpc) is 2.36. The topological polar surface area (TPSA) is 71.5 Å². The van der Waals surface area contributed by atoms with Gasteiger partial charge in [0.05, 0.1) is 12.1 Å². The number of pyridine rings is 1. The standard InChI is InChI=1S/C15H24N2O3/c1-5-13(18)12(10-11-6-8-16-9-7-11)17-14(19)20-15(2,3)4/h6-9,12-13,18H,5,10H2,1-4H3,(H,17,19). The van der Waals surface area contributed by atoms with Crippen molar-refractivity contribution >= 4 is 6.09 Å². The molecular weight excluding hydrogens is 256 g/mol. The molecule has 5 nitrogen and oxygen atoms in total. The second-order valence-corrected chi connectivity index (χ2v) is 5.79. The van der Waals surface area contributed by atoms with Crippen LogP contribution in [0.1, 0.15) is 39.7 Å². The molecule has 1 rings (SSSR count). The van der Waals surface area contributed by atoms with Crippen LogP contribution in [0.15, 0.2) is 24.5 Å². The molecule has 0 aliphatic heterocycles. The predicted octanol–water partition coefficient (Wildman–Crippen LogP) is 2.29. The molecule has 2 unspecified atom stereocenters. The molecule has 5 heteroatoms. The fraction of sp³-hybridized carbons (Fsp3) is 0.600. The summed E-state index contributed by atoms with van der Waals surface area (Å²) in [7, 11) is 0. The molecule has 0 radical (unpaired) electrons. The highest BCUT2D eigenvalue weighted by atomic mass is 16.6. The zero-order valence-electron chi connectivity index (χ0n) is 12.6. The normalized spacial score (nSPS) is 14.4. The van der Waals surface area contributed by atoms with E-state index < -0.39 is 17.8 Å². The van der Waals surface area contributed by atoms with Crippen molar-refractivity contribution in [3.8, 4) is 0 Å². The monoisotopic (exact) mass is 280 g/mol. The molecule has 0 saturated heterocycles. The number of nitrogens with one attached hydrogen (secondary N) is 1. The quantitative estimate of drug-likeness (QED) is 0.868. The summed E-state index contributed by atoms with van der Waals surface area (Å²) in [5, 5.41) is 12.8. The largest absolute Gasteiger partial charge is 0.444 e. The van der Waals surface area contributed by atoms with E-state index in [9.17, 15) is 9.90 Å². The second-order valence-electron chi connectivity index (χ2n) is 5.79. The summed E-state index contributed by atoms with van der Waals surface area (Å²) in [6, 6.07) is 3.36. The number of ether oxygens (including phenoxy) is 1. The van der Waals surface area contributed by atoms with Crippen molar-refractivity contribution in [2.45, 2.75) is 58.3 Å². The van der Waals surface area contributed by atoms with Gasteiger partial charge in [-0.05, 0) is 51.3 Å². The molecule has 1 aromatic heterocycles. The number of alkyl carbamates (subject to hydrolysis) is 1. The Hall–Kier alpha value is -1.62. The number of nitrogens with zero attached hydrogens (tertiary/aromatic N) is 1. The highest BCUT2D eigenvalue weighted by Crippen LogP contribution is 2.11. The number of hydrogen-bond acceptors (Lipinski definition) is 4. The summed E-state index contributed by atoms with van der Waals surface area (Å²) in [5.41, 5.74) is 0.455. The number of rotatable bonds is 5. The Labute approximate surface area is 120 Å². The van der Waals surface area contributed by atoms with Crippen LogP contribution in [-0.2, 0) is 11.2 Å². The molecular formula is C15H24N2O3. The highest BCUT2D eigenvalue weighted by molar-refractivity contribution is 5.68. The van der Waals surface area contributed by atoms with Gasteiger partial charge in [-0.15, -0.1) is 0 Å². The first-order chi connectivity index (χ1) is 9.31. The first-order valence-electron chi connectivity index (χ1n) is 6.88. The molecule has 112 valence electrons. The molecule has 0 aliphatic carbocycles. The fourth-order valence-corrected chi connectivity index (χ4v) is 1.80. The third kappa shape index (κ3) is 6.02. The van der Waals surface area contributed by atoms with Crippen LogP contribution >= 0.6 is 0 Å². The summed E-state index contributed by atoms with van der Waals surface area (Å²) in [6.45, 7) is 7.29. The third-order valence-electron chi connectivity index (χ3n) is 2.79. The lowest BCUT2D eigenvalue weighted by molar-refractivity contribution is 0.0419. The van der Waals surface area contributed by atoms with Gasteiger partial charge in [-0.1, -0.05) is 6.92 Å². The Kier molecular flexibility index (Phi) is 5.95. The van der Waals surface area contributed by atoms with E-state index >= 15 is 0 Å². The Morgan fingerprint density at radius 2 is 2.00 bits per heavy atom. The number of aliphatic hydroxyl groups is 1. The van der Waals surface area contributed by atoms with Gasteiger partial charge in [0, 0.05) is 12.4 Å². The molecule has 0 aromatic carbocycles. The van der Waals surface area contributed by atoms with Gasteiger partial charge in [0.2, 0.25) is 0 Å². The van der Waals surface area contributed by atoms with Gasteiger partial charge in [-0.2, -0.15) is 0 Å². The highest BCUT2D eigenvalue weighted by Gasteiger charge is 2.23. The maximum atomic E-state index is 11.8. The number of carbonyl (C=O) groups is 1. The van der Waals surface area contributed by atoms with E-state index in [2.05, 4.69) is 10.3 Å². The zero-order chi connectivity index (χ0) is 15.2. The van der Waals surface area contributed by atoms with Crippen LogP contribution in [0.4, 0.5) is 4.79 Å². The van der Waals surface area contributed by atoms with Gasteiger partial charge in [0.1, 0.15) is 5.60 Å². The van der Waals surface area contributed by atoms with E-state index in [4.69, 9.17) is 4.74 Å². The molecule has 1 heterocycles. The Bertz CT molecular complexity index is 415. The minimum Gasteiger partial charge on any atom is -0.444 e. The first kappa shape index (κ1) is 16.4. The number of amides is 1. The van der Waals surface area contributed by atoms with Crippen LogP contribution in [0.3, 0.4) is 0 Å². The van der Waals surface area contributed by atoms with Gasteiger partial charge in [-0.3, -0.25) is 4.98 Å². The van der Waals surface area contributed by atoms with E-state index in [1.165, 1.54) is 0 Å². The Morgan fingerprint density at radius 1 is 1.40 bits per heavy atom. The number of hydrogen-bond donors (Lipinski definition) is 2. The molecule has 0 aliphatic rings. The summed E-state index contributed by atoms with van der Waals surface area (Å²) in [4.78, 5) is 15.8. The molecule has 2 N–H and O–H groups in total. The zero-order valence-corrected chi connectivity index (χ0v) is 12.6. The Morgan fingerprint density at radius 3 is 2.50 bits per heavy atom. The first-order valence-corrected chi connectivity index (χ1v) is 6.88. The fourth-order valence-electron chi connectivity index (χ4n) is 1.80. The van der Waals surface area contributed by atoms with Crippen LogP contribution in [-0.4, -0.2) is 33.9 Å². The molecule has 0 fully saturated rings. The van der Waals surface area contributed by atoms with E-state index in [0.29, 0.717) is 12.8 Å². The number of aromatic nitrogens is 1. The predicted molar refractivity (Wildman–Crippen MR) is 77.4 cm³/mol. The molecule has 0 saturated carbocycles. The molecule has 0 spiro atoms. The minimum absolute atomic E-state index is 0.378. The average molecular weight is 280 g/mol. The SMILES string of the molecule is CCC(O)C(Cc1ccncc1)NC(=O)OC(C)(C)C. The van der Waals surface area contributed by atoms with Gasteiger partial charge >= 0.3 is 6.09 Å². The van der Waals surface area contributed by atoms with Crippen LogP contribution in [0.2, 0.25) is 0 Å². The second kappa shape index (κ2) is 7.24. The minimum atomic E-state index is -0.615. The lowest BCUT2D eigenvalue weighted by atomic mass is 10.0. The van der Waals surface area contributed by atoms with Gasteiger partial charge < -0.3 is 15.2 Å². The van der Waals surface area contributed by atoms with E-state index in [0.717, 1.165) is 5.56 Å². The lowest BCUT2D eigenvalue weighted by Crippen LogP contribution is -2.46. The molecule has 0 bridgehead atoms. The van der Waals surface area contributed by atoms with Gasteiger partial charge in [-0.25, -0.2) is 4.79 Å². The van der Waals surface area contributed by atoms with E-state index in [1.54, 1.807) is 33.2 Å². The summed E-state index contributed by atoms with van der Waals surface area (Å²) < 4.78 is 5.23. The van der Waals surface area contributed by atoms with Crippen LogP contribution in [0.25, 0.3) is 0 Å². The van der Waals surface area contributed by atoms with Crippen molar-refractivity contribution < 1.29 is 14.6 Å². The molecule has 20 heavy (non-hydrogen) atoms. The van der Waals surface area contributed by atoms with E-state index in [1.807, 2.05) is 19.1 Å². The van der Waals surface area contributed by atoms with Crippen molar-refractivity contribution in [2.24, 2.45) is 0 Å². The number of aliphatic hydroxyl groups excluding tert-OH is 1. The number of carbonyl (C=O) groups excluding carboxylic acids is 1. The van der Waals surface area contributed by atoms with Crippen LogP contribution in [0.5, 0.6) is 0 Å². The van der Waals surface area contributed by atoms with Gasteiger partial charge in [0.25, 0.3) is 0 Å². The summed E-state index contributed by atoms with van der Waals surface area (Å²) in [6.07, 6.45) is 3.36. The summed E-state index contributed by atoms with van der Waals surface area (Å²) >= 11 is 0. The maximum Gasteiger partial charge on any atom is 0.407 e. The maximum absolute atomic E-state index is 11.8. The van der Waals surface area contributed by atoms with Crippen LogP contribution < -0.4 is 5.32 Å². The van der Waals surface area contributed by atoms with E-state index in [-0.39, 0.29) is 6.04 Å². The van der Waals surface area contributed by atoms with Crippen molar-refractivity contribution in [2.75, 3.05) is 0 Å². The van der Waals surface area contributed by atoms with Crippen molar-refractivity contribution in [1.82, 2.24) is 10.3 Å². The van der Waals surface area contributed by atoms with Crippen molar-refractivity contribution in [1.29, 1.82) is 0 Å². The van der Waals surface area contributed by atoms with Crippen LogP contribution in [0, 0.1) is 0 Å². The lowest BCUT2D eigenvalue weighted by Gasteiger charge is -2.26. The van der Waals surface area contributed by atoms with Crippen molar-refractivity contribution in [3.63, 3.8) is 0 Å². The third-order valence-corrected chi connectivity index (χ3v) is 2.79. The molecule has 1 amide bonds.